The Hall–Kier alpha value is -4.98. The van der Waals surface area contributed by atoms with Gasteiger partial charge in [0, 0.05) is 29.8 Å². The molecule has 1 aromatic heterocycles. The van der Waals surface area contributed by atoms with Gasteiger partial charge in [0.05, 0.1) is 22.5 Å². The smallest absolute Gasteiger partial charge is 0.315 e. The van der Waals surface area contributed by atoms with Crippen LogP contribution in [0.1, 0.15) is 88.0 Å². The zero-order chi connectivity index (χ0) is 39.3. The van der Waals surface area contributed by atoms with E-state index in [9.17, 15) is 27.6 Å². The highest BCUT2D eigenvalue weighted by atomic mass is 32.2. The molecule has 3 aromatic rings. The second-order valence-electron chi connectivity index (χ2n) is 16.6. The van der Waals surface area contributed by atoms with E-state index in [2.05, 4.69) is 20.7 Å². The summed E-state index contributed by atoms with van der Waals surface area (Å²) in [5, 5.41) is 9.74. The van der Waals surface area contributed by atoms with Crippen LogP contribution in [-0.2, 0) is 37.4 Å². The van der Waals surface area contributed by atoms with Crippen LogP contribution in [0.15, 0.2) is 66.7 Å². The van der Waals surface area contributed by atoms with Crippen molar-refractivity contribution in [3.63, 3.8) is 0 Å². The number of fused-ring (bicyclic) bond motifs is 5. The fourth-order valence-electron chi connectivity index (χ4n) is 8.63. The third kappa shape index (κ3) is 7.23. The number of carbonyl (C=O) groups is 4. The van der Waals surface area contributed by atoms with Crippen LogP contribution in [0.4, 0.5) is 4.79 Å². The summed E-state index contributed by atoms with van der Waals surface area (Å²) >= 11 is 0. The number of allylic oxidation sites excluding steroid dienone is 1. The summed E-state index contributed by atoms with van der Waals surface area (Å²) in [6, 6.07) is 14.9. The minimum atomic E-state index is -3.98. The zero-order valence-electron chi connectivity index (χ0n) is 31.9. The van der Waals surface area contributed by atoms with E-state index in [0.29, 0.717) is 56.4 Å². The summed E-state index contributed by atoms with van der Waals surface area (Å²) < 4.78 is 34.6. The number of hydrogen-bond donors (Lipinski definition) is 4. The molecule has 56 heavy (non-hydrogen) atoms. The number of nitrogens with one attached hydrogen (secondary N) is 4. The zero-order valence-corrected chi connectivity index (χ0v) is 32.8. The van der Waals surface area contributed by atoms with Crippen molar-refractivity contribution in [1.82, 2.24) is 30.6 Å². The lowest BCUT2D eigenvalue weighted by Gasteiger charge is -2.36. The molecule has 296 valence electrons. The number of rotatable bonds is 6. The van der Waals surface area contributed by atoms with Crippen LogP contribution in [0.2, 0.25) is 0 Å². The lowest BCUT2D eigenvalue weighted by molar-refractivity contribution is -0.141. The second kappa shape index (κ2) is 14.5. The first-order chi connectivity index (χ1) is 26.8. The lowest BCUT2D eigenvalue weighted by atomic mass is 9.87. The molecule has 5 aliphatic rings. The number of ether oxygens (including phenoxy) is 1. The summed E-state index contributed by atoms with van der Waals surface area (Å²) in [4.78, 5) is 63.1. The summed E-state index contributed by atoms with van der Waals surface area (Å²) in [7, 11) is -3.98. The van der Waals surface area contributed by atoms with Gasteiger partial charge >= 0.3 is 6.03 Å². The van der Waals surface area contributed by atoms with Crippen LogP contribution in [0.3, 0.4) is 0 Å². The molecule has 4 heterocycles. The van der Waals surface area contributed by atoms with E-state index < -0.39 is 67.7 Å². The highest BCUT2D eigenvalue weighted by molar-refractivity contribution is 7.91. The number of para-hydroxylation sites is 1. The molecule has 2 saturated carbocycles. The molecule has 0 bridgehead atoms. The van der Waals surface area contributed by atoms with Gasteiger partial charge in [-0.15, -0.1) is 0 Å². The Morgan fingerprint density at radius 3 is 2.55 bits per heavy atom. The number of benzene rings is 2. The monoisotopic (exact) mass is 782 g/mol. The van der Waals surface area contributed by atoms with Gasteiger partial charge in [0.25, 0.3) is 5.91 Å². The molecule has 8 rings (SSSR count). The van der Waals surface area contributed by atoms with Gasteiger partial charge in [-0.2, -0.15) is 0 Å². The SMILES string of the molecule is Cc1nc2ccccc2c2c1O[C@]1(CC2)C[C@H]2C(=O)N[C@]3(C(=O)NS(=O)(=O)C4(C)CC4)C[C@H]3/C=C\CCCCC[C@H](NC(=O)NCc3ccccc3)C(=O)N2C1. The number of sulfonamides is 1. The summed E-state index contributed by atoms with van der Waals surface area (Å²) in [5.41, 5.74) is 1.07. The maximum atomic E-state index is 14.8. The number of carbonyl (C=O) groups excluding carboxylic acids is 4. The van der Waals surface area contributed by atoms with E-state index in [4.69, 9.17) is 9.72 Å². The Kier molecular flexibility index (Phi) is 9.82. The van der Waals surface area contributed by atoms with Gasteiger partial charge in [-0.05, 0) is 76.8 Å². The van der Waals surface area contributed by atoms with Gasteiger partial charge in [0.15, 0.2) is 0 Å². The van der Waals surface area contributed by atoms with Crippen LogP contribution < -0.4 is 25.4 Å². The molecule has 14 heteroatoms. The second-order valence-corrected chi connectivity index (χ2v) is 18.8. The molecule has 13 nitrogen and oxygen atoms in total. The molecule has 3 aliphatic heterocycles. The van der Waals surface area contributed by atoms with Crippen molar-refractivity contribution in [3.05, 3.63) is 83.6 Å². The molecule has 1 spiro atoms. The predicted molar refractivity (Wildman–Crippen MR) is 210 cm³/mol. The number of nitrogens with zero attached hydrogens (tertiary/aromatic N) is 2. The van der Waals surface area contributed by atoms with Crippen LogP contribution in [-0.4, -0.2) is 76.6 Å². The van der Waals surface area contributed by atoms with Gasteiger partial charge in [-0.3, -0.25) is 19.1 Å². The number of hydrogen-bond acceptors (Lipinski definition) is 8. The quantitative estimate of drug-likeness (QED) is 0.265. The van der Waals surface area contributed by atoms with Crippen molar-refractivity contribution in [2.45, 2.75) is 119 Å². The average Bonchev–Trinajstić information content (AvgIpc) is 4.08. The molecule has 5 amide bonds. The van der Waals surface area contributed by atoms with Crippen molar-refractivity contribution < 1.29 is 32.3 Å². The summed E-state index contributed by atoms with van der Waals surface area (Å²) in [6.07, 6.45) is 9.63. The Labute approximate surface area is 327 Å². The average molecular weight is 783 g/mol. The lowest BCUT2D eigenvalue weighted by Crippen LogP contribution is -2.59. The molecule has 2 aliphatic carbocycles. The van der Waals surface area contributed by atoms with E-state index in [1.165, 1.54) is 4.90 Å². The standard InChI is InChI=1S/C42H50N6O7S/c1-27-35-31(30-16-11-12-17-32(30)44-27)19-20-41(55-35)24-34-36(49)46-42(38(51)47-56(53,54)40(2)21-22-40)23-29(42)15-9-4-3-5-10-18-33(37(50)48(34)26-41)45-39(52)43-25-28-13-7-6-8-14-28/h6-9,11-17,29,33-34H,3-5,10,18-26H2,1-2H3,(H,46,49)(H,47,51)(H2,43,45,52)/b15-9-/t29-,33+,34+,41-,42-/m1/s1. The molecule has 4 N–H and O–H groups in total. The fourth-order valence-corrected chi connectivity index (χ4v) is 9.94. The molecule has 0 unspecified atom stereocenters. The third-order valence-corrected chi connectivity index (χ3v) is 14.6. The van der Waals surface area contributed by atoms with Gasteiger partial charge in [-0.1, -0.05) is 73.5 Å². The Morgan fingerprint density at radius 1 is 1.00 bits per heavy atom. The van der Waals surface area contributed by atoms with E-state index in [1.807, 2.05) is 73.7 Å². The van der Waals surface area contributed by atoms with Gasteiger partial charge in [0.2, 0.25) is 21.8 Å². The number of pyridine rings is 1. The maximum Gasteiger partial charge on any atom is 0.315 e. The minimum Gasteiger partial charge on any atom is -0.483 e. The Morgan fingerprint density at radius 2 is 1.77 bits per heavy atom. The molecular formula is C42H50N6O7S. The highest BCUT2D eigenvalue weighted by Gasteiger charge is 2.64. The molecule has 0 radical (unpaired) electrons. The van der Waals surface area contributed by atoms with Gasteiger partial charge in [-0.25, -0.2) is 18.2 Å². The van der Waals surface area contributed by atoms with Crippen molar-refractivity contribution in [1.29, 1.82) is 0 Å². The minimum absolute atomic E-state index is 0.0781. The molecule has 3 fully saturated rings. The molecule has 1 saturated heterocycles. The molecule has 2 aromatic carbocycles. The number of amides is 5. The van der Waals surface area contributed by atoms with Crippen molar-refractivity contribution in [2.75, 3.05) is 6.54 Å². The van der Waals surface area contributed by atoms with Crippen LogP contribution in [0, 0.1) is 12.8 Å². The first-order valence-corrected chi connectivity index (χ1v) is 21.3. The van der Waals surface area contributed by atoms with E-state index in [0.717, 1.165) is 34.9 Å². The molecular weight excluding hydrogens is 733 g/mol. The van der Waals surface area contributed by atoms with Crippen molar-refractivity contribution in [2.24, 2.45) is 5.92 Å². The number of aryl methyl sites for hydroxylation is 2. The Balaban J connectivity index is 1.11. The predicted octanol–water partition coefficient (Wildman–Crippen LogP) is 4.47. The summed E-state index contributed by atoms with van der Waals surface area (Å²) in [6.45, 7) is 3.85. The first-order valence-electron chi connectivity index (χ1n) is 19.8. The van der Waals surface area contributed by atoms with E-state index >= 15 is 0 Å². The van der Waals surface area contributed by atoms with E-state index in [1.54, 1.807) is 6.92 Å². The Bertz CT molecular complexity index is 2210. The maximum absolute atomic E-state index is 14.8. The fraction of sp³-hybridized carbons (Fsp3) is 0.500. The number of aromatic nitrogens is 1. The number of urea groups is 1. The largest absolute Gasteiger partial charge is 0.483 e. The van der Waals surface area contributed by atoms with Gasteiger partial charge < -0.3 is 25.6 Å². The van der Waals surface area contributed by atoms with E-state index in [-0.39, 0.29) is 25.9 Å². The van der Waals surface area contributed by atoms with Crippen LogP contribution in [0.5, 0.6) is 5.75 Å². The highest BCUT2D eigenvalue weighted by Crippen LogP contribution is 2.49. The third-order valence-electron chi connectivity index (χ3n) is 12.5. The normalized spacial score (nSPS) is 29.0. The van der Waals surface area contributed by atoms with Gasteiger partial charge in [0.1, 0.15) is 29.0 Å². The van der Waals surface area contributed by atoms with Crippen LogP contribution in [0.25, 0.3) is 10.9 Å². The van der Waals surface area contributed by atoms with Crippen molar-refractivity contribution in [3.8, 4) is 5.75 Å². The topological polar surface area (TPSA) is 176 Å². The van der Waals surface area contributed by atoms with Crippen LogP contribution >= 0.6 is 0 Å². The van der Waals surface area contributed by atoms with Crippen molar-refractivity contribution >= 4 is 44.7 Å². The first kappa shape index (κ1) is 37.9. The molecule has 5 atom stereocenters. The summed E-state index contributed by atoms with van der Waals surface area (Å²) in [5.74, 6) is -1.53.